The molecule has 0 amide bonds. The number of ether oxygens (including phenoxy) is 1. The average molecular weight is 300 g/mol. The summed E-state index contributed by atoms with van der Waals surface area (Å²) in [6.45, 7) is 2.33. The highest BCUT2D eigenvalue weighted by Crippen LogP contribution is 2.60. The number of rotatable bonds is 1. The zero-order chi connectivity index (χ0) is 15.4. The molecule has 0 bridgehead atoms. The lowest BCUT2D eigenvalue weighted by Gasteiger charge is -2.51. The lowest BCUT2D eigenvalue weighted by atomic mass is 9.54. The van der Waals surface area contributed by atoms with E-state index in [0.29, 0.717) is 11.3 Å². The van der Waals surface area contributed by atoms with Crippen molar-refractivity contribution in [1.29, 1.82) is 0 Å². The molecular formula is C20H28O2. The molecule has 22 heavy (non-hydrogen) atoms. The fourth-order valence-electron chi connectivity index (χ4n) is 5.70. The molecular weight excluding hydrogens is 272 g/mol. The molecule has 0 aliphatic heterocycles. The van der Waals surface area contributed by atoms with Crippen molar-refractivity contribution in [3.05, 3.63) is 29.3 Å². The fraction of sp³-hybridized carbons (Fsp3) is 0.700. The van der Waals surface area contributed by atoms with Gasteiger partial charge in [0.15, 0.2) is 0 Å². The standard InChI is InChI=1S/C20H28O2/c1-19-10-11-20(13-15(19)6-8-18(19)21)9-3-4-14-5-7-16(22-2)12-17(14)20/h5,7,12,15,18,21H,3-4,6,8-11,13H2,1-2H3/t15-,18-,19-,20-/m0/s1. The van der Waals surface area contributed by atoms with E-state index in [2.05, 4.69) is 25.1 Å². The van der Waals surface area contributed by atoms with E-state index in [9.17, 15) is 5.11 Å². The molecule has 120 valence electrons. The summed E-state index contributed by atoms with van der Waals surface area (Å²) in [5, 5.41) is 10.4. The number of hydrogen-bond acceptors (Lipinski definition) is 2. The van der Waals surface area contributed by atoms with Gasteiger partial charge < -0.3 is 9.84 Å². The molecule has 4 rings (SSSR count). The second-order valence-corrected chi connectivity index (χ2v) is 8.16. The molecule has 1 spiro atoms. The molecule has 1 aromatic rings. The lowest BCUT2D eigenvalue weighted by molar-refractivity contribution is -0.0115. The summed E-state index contributed by atoms with van der Waals surface area (Å²) in [6.07, 6.45) is 9.64. The topological polar surface area (TPSA) is 29.5 Å². The Balaban J connectivity index is 1.72. The molecule has 0 unspecified atom stereocenters. The lowest BCUT2D eigenvalue weighted by Crippen LogP contribution is -2.45. The maximum Gasteiger partial charge on any atom is 0.119 e. The number of aliphatic hydroxyl groups is 1. The Hall–Kier alpha value is -1.02. The van der Waals surface area contributed by atoms with E-state index in [4.69, 9.17) is 4.74 Å². The molecule has 2 nitrogen and oxygen atoms in total. The number of aliphatic hydroxyl groups excluding tert-OH is 1. The number of fused-ring (bicyclic) bond motifs is 3. The van der Waals surface area contributed by atoms with Crippen molar-refractivity contribution in [1.82, 2.24) is 0 Å². The Morgan fingerprint density at radius 3 is 2.86 bits per heavy atom. The molecule has 1 aromatic carbocycles. The highest BCUT2D eigenvalue weighted by Gasteiger charge is 2.54. The molecule has 1 N–H and O–H groups in total. The summed E-state index contributed by atoms with van der Waals surface area (Å²) in [6, 6.07) is 6.71. The Labute approximate surface area is 133 Å². The van der Waals surface area contributed by atoms with Crippen molar-refractivity contribution >= 4 is 0 Å². The van der Waals surface area contributed by atoms with Crippen LogP contribution < -0.4 is 4.74 Å². The van der Waals surface area contributed by atoms with Crippen molar-refractivity contribution in [2.45, 2.75) is 69.8 Å². The van der Waals surface area contributed by atoms with E-state index in [-0.39, 0.29) is 11.5 Å². The van der Waals surface area contributed by atoms with Crippen LogP contribution in [0.25, 0.3) is 0 Å². The predicted octanol–water partition coefficient (Wildman–Crippen LogP) is 4.23. The normalized spacial score (nSPS) is 40.3. The molecule has 0 heterocycles. The van der Waals surface area contributed by atoms with Crippen LogP contribution in [0.3, 0.4) is 0 Å². The number of methoxy groups -OCH3 is 1. The second kappa shape index (κ2) is 4.99. The predicted molar refractivity (Wildman–Crippen MR) is 88.3 cm³/mol. The monoisotopic (exact) mass is 300 g/mol. The maximum absolute atomic E-state index is 10.4. The van der Waals surface area contributed by atoms with Gasteiger partial charge in [-0.2, -0.15) is 0 Å². The quantitative estimate of drug-likeness (QED) is 0.841. The highest BCUT2D eigenvalue weighted by atomic mass is 16.5. The van der Waals surface area contributed by atoms with Gasteiger partial charge in [-0.05, 0) is 91.4 Å². The van der Waals surface area contributed by atoms with Crippen LogP contribution in [0.4, 0.5) is 0 Å². The summed E-state index contributed by atoms with van der Waals surface area (Å²) in [5.41, 5.74) is 3.61. The fourth-order valence-corrected chi connectivity index (χ4v) is 5.70. The number of hydrogen-bond donors (Lipinski definition) is 1. The first-order valence-corrected chi connectivity index (χ1v) is 8.93. The maximum atomic E-state index is 10.4. The molecule has 4 atom stereocenters. The first kappa shape index (κ1) is 14.6. The first-order valence-electron chi connectivity index (χ1n) is 8.93. The third kappa shape index (κ3) is 1.96. The van der Waals surface area contributed by atoms with Gasteiger partial charge in [-0.15, -0.1) is 0 Å². The Bertz CT molecular complexity index is 581. The van der Waals surface area contributed by atoms with Crippen molar-refractivity contribution in [2.75, 3.05) is 7.11 Å². The van der Waals surface area contributed by atoms with Gasteiger partial charge in [0.25, 0.3) is 0 Å². The van der Waals surface area contributed by atoms with Crippen LogP contribution in [0.1, 0.15) is 63.0 Å². The van der Waals surface area contributed by atoms with Gasteiger partial charge in [0.05, 0.1) is 13.2 Å². The van der Waals surface area contributed by atoms with Crippen LogP contribution in [-0.4, -0.2) is 18.3 Å². The molecule has 0 saturated heterocycles. The van der Waals surface area contributed by atoms with E-state index in [1.807, 2.05) is 0 Å². The molecule has 3 aliphatic carbocycles. The van der Waals surface area contributed by atoms with E-state index < -0.39 is 0 Å². The van der Waals surface area contributed by atoms with Gasteiger partial charge in [0, 0.05) is 0 Å². The summed E-state index contributed by atoms with van der Waals surface area (Å²) in [7, 11) is 1.77. The van der Waals surface area contributed by atoms with Crippen LogP contribution in [0, 0.1) is 11.3 Å². The number of benzene rings is 1. The van der Waals surface area contributed by atoms with Gasteiger partial charge in [0.2, 0.25) is 0 Å². The first-order chi connectivity index (χ1) is 10.6. The zero-order valence-electron chi connectivity index (χ0n) is 13.9. The smallest absolute Gasteiger partial charge is 0.119 e. The van der Waals surface area contributed by atoms with Gasteiger partial charge in [-0.1, -0.05) is 13.0 Å². The molecule has 0 aromatic heterocycles. The van der Waals surface area contributed by atoms with Crippen molar-refractivity contribution in [3.63, 3.8) is 0 Å². The summed E-state index contributed by atoms with van der Waals surface area (Å²) in [4.78, 5) is 0. The van der Waals surface area contributed by atoms with Gasteiger partial charge in [0.1, 0.15) is 5.75 Å². The molecule has 2 saturated carbocycles. The summed E-state index contributed by atoms with van der Waals surface area (Å²) >= 11 is 0. The van der Waals surface area contributed by atoms with E-state index in [1.54, 1.807) is 12.7 Å². The van der Waals surface area contributed by atoms with Crippen LogP contribution in [0.15, 0.2) is 18.2 Å². The summed E-state index contributed by atoms with van der Waals surface area (Å²) < 4.78 is 5.50. The van der Waals surface area contributed by atoms with Crippen molar-refractivity contribution < 1.29 is 9.84 Å². The van der Waals surface area contributed by atoms with Crippen LogP contribution in [0.2, 0.25) is 0 Å². The summed E-state index contributed by atoms with van der Waals surface area (Å²) in [5.74, 6) is 1.69. The largest absolute Gasteiger partial charge is 0.497 e. The van der Waals surface area contributed by atoms with E-state index in [1.165, 1.54) is 50.5 Å². The van der Waals surface area contributed by atoms with E-state index >= 15 is 0 Å². The Morgan fingerprint density at radius 1 is 1.18 bits per heavy atom. The number of aryl methyl sites for hydroxylation is 1. The van der Waals surface area contributed by atoms with Crippen LogP contribution in [-0.2, 0) is 11.8 Å². The minimum Gasteiger partial charge on any atom is -0.497 e. The Morgan fingerprint density at radius 2 is 2.05 bits per heavy atom. The van der Waals surface area contributed by atoms with Crippen molar-refractivity contribution in [3.8, 4) is 5.75 Å². The van der Waals surface area contributed by atoms with Gasteiger partial charge >= 0.3 is 0 Å². The third-order valence-electron chi connectivity index (χ3n) is 7.25. The van der Waals surface area contributed by atoms with Crippen molar-refractivity contribution in [2.24, 2.45) is 11.3 Å². The minimum atomic E-state index is -0.0804. The SMILES string of the molecule is COc1ccc2c(c1)[C@@]1(CCC2)CC[C@@]2(C)[C@@H](CC[C@@H]2O)C1. The molecule has 2 fully saturated rings. The van der Waals surface area contributed by atoms with Gasteiger partial charge in [-0.25, -0.2) is 0 Å². The minimum absolute atomic E-state index is 0.0804. The molecule has 2 heteroatoms. The molecule has 0 radical (unpaired) electrons. The van der Waals surface area contributed by atoms with E-state index in [0.717, 1.165) is 12.2 Å². The average Bonchev–Trinajstić information content (AvgIpc) is 2.83. The van der Waals surface area contributed by atoms with Gasteiger partial charge in [-0.3, -0.25) is 0 Å². The second-order valence-electron chi connectivity index (χ2n) is 8.16. The van der Waals surface area contributed by atoms with Crippen LogP contribution >= 0.6 is 0 Å². The highest BCUT2D eigenvalue weighted by molar-refractivity contribution is 5.43. The third-order valence-corrected chi connectivity index (χ3v) is 7.25. The molecule has 3 aliphatic rings. The zero-order valence-corrected chi connectivity index (χ0v) is 13.9. The van der Waals surface area contributed by atoms with Crippen LogP contribution in [0.5, 0.6) is 5.75 Å². The Kier molecular flexibility index (Phi) is 3.30.